The number of nitrogens with zero attached hydrogens (tertiary/aromatic N) is 2. The Bertz CT molecular complexity index is 767. The number of carbonyl (C=O) groups excluding carboxylic acids is 1. The summed E-state index contributed by atoms with van der Waals surface area (Å²) in [6.07, 6.45) is 5.70. The van der Waals surface area contributed by atoms with Crippen LogP contribution < -0.4 is 5.32 Å². The van der Waals surface area contributed by atoms with E-state index in [-0.39, 0.29) is 18.3 Å². The number of amides is 1. The second-order valence-electron chi connectivity index (χ2n) is 7.27. The van der Waals surface area contributed by atoms with E-state index in [2.05, 4.69) is 21.6 Å². The van der Waals surface area contributed by atoms with Crippen molar-refractivity contribution in [1.82, 2.24) is 20.4 Å². The molecule has 1 atom stereocenters. The van der Waals surface area contributed by atoms with E-state index in [1.54, 1.807) is 0 Å². The Hall–Kier alpha value is -1.85. The third-order valence-corrected chi connectivity index (χ3v) is 5.57. The zero-order chi connectivity index (χ0) is 17.2. The van der Waals surface area contributed by atoms with Crippen LogP contribution in [0.25, 0.3) is 0 Å². The first-order valence-corrected chi connectivity index (χ1v) is 9.34. The first-order chi connectivity index (χ1) is 12.2. The number of halogens is 1. The molecule has 0 bridgehead atoms. The minimum atomic E-state index is 0. The smallest absolute Gasteiger partial charge is 0.254 e. The predicted molar refractivity (Wildman–Crippen MR) is 105 cm³/mol. The van der Waals surface area contributed by atoms with Gasteiger partial charge in [0.2, 0.25) is 0 Å². The largest absolute Gasteiger partial charge is 0.336 e. The number of hydrogen-bond acceptors (Lipinski definition) is 3. The predicted octanol–water partition coefficient (Wildman–Crippen LogP) is 3.06. The first kappa shape index (κ1) is 18.9. The van der Waals surface area contributed by atoms with Crippen molar-refractivity contribution in [2.75, 3.05) is 20.1 Å². The van der Waals surface area contributed by atoms with Crippen molar-refractivity contribution in [2.24, 2.45) is 0 Å². The minimum absolute atomic E-state index is 0. The Morgan fingerprint density at radius 3 is 2.88 bits per heavy atom. The number of carbonyl (C=O) groups is 1. The van der Waals surface area contributed by atoms with Crippen LogP contribution in [0.1, 0.15) is 58.1 Å². The van der Waals surface area contributed by atoms with Gasteiger partial charge >= 0.3 is 0 Å². The summed E-state index contributed by atoms with van der Waals surface area (Å²) in [4.78, 5) is 14.9. The van der Waals surface area contributed by atoms with E-state index < -0.39 is 0 Å². The SMILES string of the molecule is CN(Cc1n[nH]c2c1CCCC2)C(=O)c1ccccc1C1CCNC1.Cl. The number of nitrogens with one attached hydrogen (secondary N) is 2. The fourth-order valence-electron chi connectivity index (χ4n) is 4.15. The Kier molecular flexibility index (Phi) is 5.99. The average Bonchev–Trinajstić information content (AvgIpc) is 3.32. The van der Waals surface area contributed by atoms with Crippen LogP contribution in [0.3, 0.4) is 0 Å². The number of fused-ring (bicyclic) bond motifs is 1. The molecule has 1 fully saturated rings. The Balaban J connectivity index is 0.00000196. The lowest BCUT2D eigenvalue weighted by molar-refractivity contribution is 0.0781. The number of aryl methyl sites for hydroxylation is 1. The number of H-pyrrole nitrogens is 1. The normalized spacial score (nSPS) is 18.9. The van der Waals surface area contributed by atoms with Gasteiger partial charge in [-0.15, -0.1) is 12.4 Å². The summed E-state index contributed by atoms with van der Waals surface area (Å²) in [6, 6.07) is 8.07. The van der Waals surface area contributed by atoms with Crippen molar-refractivity contribution in [2.45, 2.75) is 44.6 Å². The summed E-state index contributed by atoms with van der Waals surface area (Å²) in [7, 11) is 1.88. The molecule has 26 heavy (non-hydrogen) atoms. The highest BCUT2D eigenvalue weighted by Crippen LogP contribution is 2.27. The molecule has 5 nitrogen and oxygen atoms in total. The first-order valence-electron chi connectivity index (χ1n) is 9.34. The highest BCUT2D eigenvalue weighted by Gasteiger charge is 2.25. The van der Waals surface area contributed by atoms with Gasteiger partial charge in [-0.2, -0.15) is 5.10 Å². The molecule has 0 saturated carbocycles. The maximum absolute atomic E-state index is 13.1. The molecule has 1 aliphatic heterocycles. The summed E-state index contributed by atoms with van der Waals surface area (Å²) in [5.41, 5.74) is 5.64. The van der Waals surface area contributed by atoms with Gasteiger partial charge in [-0.1, -0.05) is 18.2 Å². The molecule has 140 valence electrons. The molecule has 0 radical (unpaired) electrons. The molecule has 4 rings (SSSR count). The number of aromatic amines is 1. The zero-order valence-electron chi connectivity index (χ0n) is 15.3. The number of rotatable bonds is 4. The lowest BCUT2D eigenvalue weighted by Crippen LogP contribution is -2.28. The fraction of sp³-hybridized carbons (Fsp3) is 0.500. The van der Waals surface area contributed by atoms with Crippen molar-refractivity contribution in [3.05, 3.63) is 52.3 Å². The van der Waals surface area contributed by atoms with Gasteiger partial charge in [-0.05, 0) is 61.8 Å². The van der Waals surface area contributed by atoms with Crippen molar-refractivity contribution in [3.63, 3.8) is 0 Å². The molecule has 1 aromatic heterocycles. The van der Waals surface area contributed by atoms with Gasteiger partial charge in [0.1, 0.15) is 0 Å². The Morgan fingerprint density at radius 1 is 1.27 bits per heavy atom. The van der Waals surface area contributed by atoms with Crippen LogP contribution in [0.15, 0.2) is 24.3 Å². The van der Waals surface area contributed by atoms with Gasteiger partial charge in [-0.25, -0.2) is 0 Å². The van der Waals surface area contributed by atoms with Gasteiger partial charge < -0.3 is 10.2 Å². The summed E-state index contributed by atoms with van der Waals surface area (Å²) < 4.78 is 0. The zero-order valence-corrected chi connectivity index (χ0v) is 16.1. The Morgan fingerprint density at radius 2 is 2.08 bits per heavy atom. The van der Waals surface area contributed by atoms with E-state index in [0.717, 1.165) is 43.6 Å². The van der Waals surface area contributed by atoms with E-state index >= 15 is 0 Å². The quantitative estimate of drug-likeness (QED) is 0.864. The third kappa shape index (κ3) is 3.64. The molecule has 1 aliphatic carbocycles. The monoisotopic (exact) mass is 374 g/mol. The molecule has 1 aromatic carbocycles. The third-order valence-electron chi connectivity index (χ3n) is 5.57. The highest BCUT2D eigenvalue weighted by molar-refractivity contribution is 5.95. The number of benzene rings is 1. The summed E-state index contributed by atoms with van der Waals surface area (Å²) >= 11 is 0. The van der Waals surface area contributed by atoms with Gasteiger partial charge in [0.15, 0.2) is 0 Å². The molecular formula is C20H27ClN4O. The van der Waals surface area contributed by atoms with Crippen LogP contribution in [0.5, 0.6) is 0 Å². The number of aromatic nitrogens is 2. The van der Waals surface area contributed by atoms with E-state index in [1.165, 1.54) is 29.7 Å². The van der Waals surface area contributed by atoms with Crippen LogP contribution in [0, 0.1) is 0 Å². The van der Waals surface area contributed by atoms with Crippen molar-refractivity contribution in [1.29, 1.82) is 0 Å². The van der Waals surface area contributed by atoms with E-state index in [0.29, 0.717) is 12.5 Å². The lowest BCUT2D eigenvalue weighted by Gasteiger charge is -2.21. The Labute approximate surface area is 161 Å². The van der Waals surface area contributed by atoms with E-state index in [1.807, 2.05) is 30.1 Å². The second kappa shape index (κ2) is 8.23. The average molecular weight is 375 g/mol. The van der Waals surface area contributed by atoms with Crippen LogP contribution in [-0.4, -0.2) is 41.1 Å². The molecular weight excluding hydrogens is 348 g/mol. The summed E-state index contributed by atoms with van der Waals surface area (Å²) in [5.74, 6) is 0.529. The van der Waals surface area contributed by atoms with Crippen molar-refractivity contribution in [3.8, 4) is 0 Å². The maximum atomic E-state index is 13.1. The molecule has 6 heteroatoms. The maximum Gasteiger partial charge on any atom is 0.254 e. The molecule has 1 saturated heterocycles. The second-order valence-corrected chi connectivity index (χ2v) is 7.27. The van der Waals surface area contributed by atoms with Crippen molar-refractivity contribution < 1.29 is 4.79 Å². The highest BCUT2D eigenvalue weighted by atomic mass is 35.5. The van der Waals surface area contributed by atoms with Gasteiger partial charge in [0, 0.05) is 24.8 Å². The van der Waals surface area contributed by atoms with Crippen LogP contribution in [0.4, 0.5) is 0 Å². The molecule has 2 N–H and O–H groups in total. The van der Waals surface area contributed by atoms with Crippen LogP contribution in [0.2, 0.25) is 0 Å². The standard InChI is InChI=1S/C20H26N4O.ClH/c1-24(13-19-17-8-4-5-9-18(17)22-23-19)20(25)16-7-3-2-6-15(16)14-10-11-21-12-14;/h2-3,6-7,14,21H,4-5,8-13H2,1H3,(H,22,23);1H. The van der Waals surface area contributed by atoms with Gasteiger partial charge in [-0.3, -0.25) is 9.89 Å². The van der Waals surface area contributed by atoms with E-state index in [9.17, 15) is 4.79 Å². The molecule has 1 unspecified atom stereocenters. The molecule has 2 aromatic rings. The molecule has 2 heterocycles. The molecule has 0 spiro atoms. The summed E-state index contributed by atoms with van der Waals surface area (Å²) in [5, 5.41) is 11.1. The minimum Gasteiger partial charge on any atom is -0.336 e. The van der Waals surface area contributed by atoms with Gasteiger partial charge in [0.05, 0.1) is 12.2 Å². The number of hydrogen-bond donors (Lipinski definition) is 2. The molecule has 2 aliphatic rings. The van der Waals surface area contributed by atoms with Crippen LogP contribution >= 0.6 is 12.4 Å². The lowest BCUT2D eigenvalue weighted by atomic mass is 9.92. The van der Waals surface area contributed by atoms with Crippen molar-refractivity contribution >= 4 is 18.3 Å². The van der Waals surface area contributed by atoms with Gasteiger partial charge in [0.25, 0.3) is 5.91 Å². The van der Waals surface area contributed by atoms with Crippen LogP contribution in [-0.2, 0) is 19.4 Å². The topological polar surface area (TPSA) is 61.0 Å². The summed E-state index contributed by atoms with van der Waals surface area (Å²) in [6.45, 7) is 2.56. The van der Waals surface area contributed by atoms with E-state index in [4.69, 9.17) is 0 Å². The molecule has 1 amide bonds. The fourth-order valence-corrected chi connectivity index (χ4v) is 4.15.